The Morgan fingerprint density at radius 3 is 0.963 bits per heavy atom. The number of hydrogen-bond donors (Lipinski definition) is 3. The quantitative estimate of drug-likeness (QED) is 0.0859. The first kappa shape index (κ1) is 33.1. The second-order valence-corrected chi connectivity index (χ2v) is 8.98. The second-order valence-electron chi connectivity index (χ2n) is 7.29. The Hall–Kier alpha value is 1.43. The Bertz CT molecular complexity index is 182. The lowest BCUT2D eigenvalue weighted by molar-refractivity contribution is 0.568. The molecular weight excluding hydrogens is 458 g/mol. The first-order chi connectivity index (χ1) is 12.8. The molecule has 27 heavy (non-hydrogen) atoms. The van der Waals surface area contributed by atoms with E-state index in [2.05, 4.69) is 41.2 Å². The highest BCUT2D eigenvalue weighted by Crippen LogP contribution is 2.10. The molecule has 1 nitrogen and oxygen atoms in total. The van der Waals surface area contributed by atoms with Gasteiger partial charge in [-0.3, -0.25) is 0 Å². The number of nitrogens with two attached hydrogens (primary N) is 1. The Morgan fingerprint density at radius 1 is 0.444 bits per heavy atom. The van der Waals surface area contributed by atoms with Crippen molar-refractivity contribution in [2.45, 2.75) is 116 Å². The fourth-order valence-electron chi connectivity index (χ4n) is 2.94. The third-order valence-electron chi connectivity index (χ3n) is 4.65. The van der Waals surface area contributed by atoms with E-state index in [9.17, 15) is 0 Å². The molecule has 0 aliphatic heterocycles. The van der Waals surface area contributed by atoms with Crippen LogP contribution in [-0.2, 0) is 0 Å². The fraction of sp³-hybridized carbons (Fsp3) is 1.00. The molecule has 168 valence electrons. The van der Waals surface area contributed by atoms with Crippen LogP contribution in [0.15, 0.2) is 0 Å². The number of hydrogen-bond acceptors (Lipinski definition) is 3. The molecule has 0 radical (unpaired) electrons. The zero-order chi connectivity index (χ0) is 19.6. The van der Waals surface area contributed by atoms with Crippen molar-refractivity contribution >= 4 is 53.6 Å². The maximum Gasteiger partial charge on any atom is 0.00313 e. The Balaban J connectivity index is -0.000000411. The smallest absolute Gasteiger partial charge is 0.00313 e. The van der Waals surface area contributed by atoms with Gasteiger partial charge >= 0.3 is 0 Å². The van der Waals surface area contributed by atoms with Gasteiger partial charge in [0.15, 0.2) is 0 Å². The fourth-order valence-corrected chi connectivity index (χ4v) is 3.78. The number of unbranched alkanes of at least 4 members (excludes halogenated alkanes) is 16. The van der Waals surface area contributed by atoms with Gasteiger partial charge in [0.05, 0.1) is 0 Å². The van der Waals surface area contributed by atoms with E-state index >= 15 is 0 Å². The molecule has 0 aliphatic rings. The van der Waals surface area contributed by atoms with Crippen LogP contribution in [0.1, 0.15) is 116 Å². The summed E-state index contributed by atoms with van der Waals surface area (Å²) in [7, 11) is 0. The lowest BCUT2D eigenvalue weighted by atomic mass is 10.1. The van der Waals surface area contributed by atoms with Gasteiger partial charge in [0.1, 0.15) is 0 Å². The number of rotatable bonds is 20. The summed E-state index contributed by atoms with van der Waals surface area (Å²) in [4.78, 5) is 0. The molecular formula is C22H49BrClNS2. The molecule has 5 heteroatoms. The van der Waals surface area contributed by atoms with Gasteiger partial charge in [-0.1, -0.05) is 106 Å². The van der Waals surface area contributed by atoms with Gasteiger partial charge in [-0.05, 0) is 43.7 Å². The highest BCUT2D eigenvalue weighted by molar-refractivity contribution is 9.09. The average Bonchev–Trinajstić information content (AvgIpc) is 2.66. The van der Waals surface area contributed by atoms with Crippen molar-refractivity contribution in [3.63, 3.8) is 0 Å². The lowest BCUT2D eigenvalue weighted by Crippen LogP contribution is -1.97. The van der Waals surface area contributed by atoms with E-state index in [-0.39, 0.29) is 12.4 Å². The third kappa shape index (κ3) is 38.6. The number of alkyl halides is 1. The van der Waals surface area contributed by atoms with Crippen LogP contribution < -0.4 is 5.73 Å². The topological polar surface area (TPSA) is 26.0 Å². The predicted molar refractivity (Wildman–Crippen MR) is 141 cm³/mol. The molecule has 0 spiro atoms. The molecule has 0 rings (SSSR count). The minimum atomic E-state index is 0. The molecule has 0 aromatic heterocycles. The van der Waals surface area contributed by atoms with E-state index in [4.69, 9.17) is 5.73 Å². The van der Waals surface area contributed by atoms with E-state index in [0.717, 1.165) is 18.1 Å². The van der Waals surface area contributed by atoms with Gasteiger partial charge < -0.3 is 5.73 Å². The van der Waals surface area contributed by atoms with Crippen LogP contribution in [-0.4, -0.2) is 23.4 Å². The summed E-state index contributed by atoms with van der Waals surface area (Å²) in [6.45, 7) is 0.863. The zero-order valence-electron chi connectivity index (χ0n) is 17.8. The molecule has 0 aromatic rings. The van der Waals surface area contributed by atoms with E-state index in [0.29, 0.717) is 0 Å². The normalized spacial score (nSPS) is 10.2. The molecule has 0 bridgehead atoms. The van der Waals surface area contributed by atoms with Gasteiger partial charge in [0, 0.05) is 5.33 Å². The van der Waals surface area contributed by atoms with Gasteiger partial charge in [-0.25, -0.2) is 0 Å². The Kier molecular flexibility index (Phi) is 42.8. The largest absolute Gasteiger partial charge is 0.330 e. The summed E-state index contributed by atoms with van der Waals surface area (Å²) >= 11 is 11.8. The summed E-state index contributed by atoms with van der Waals surface area (Å²) in [5.41, 5.74) is 5.42. The third-order valence-corrected chi connectivity index (χ3v) is 5.85. The van der Waals surface area contributed by atoms with Gasteiger partial charge in [-0.2, -0.15) is 25.3 Å². The summed E-state index contributed by atoms with van der Waals surface area (Å²) in [6, 6.07) is 0. The first-order valence-corrected chi connectivity index (χ1v) is 13.7. The molecule has 0 aromatic carbocycles. The van der Waals surface area contributed by atoms with Crippen LogP contribution >= 0.6 is 53.6 Å². The molecule has 0 saturated heterocycles. The van der Waals surface area contributed by atoms with Crippen molar-refractivity contribution in [2.75, 3.05) is 23.4 Å². The van der Waals surface area contributed by atoms with Crippen LogP contribution in [0.4, 0.5) is 0 Å². The zero-order valence-corrected chi connectivity index (χ0v) is 22.0. The molecule has 0 amide bonds. The molecule has 0 fully saturated rings. The van der Waals surface area contributed by atoms with Gasteiger partial charge in [0.2, 0.25) is 0 Å². The highest BCUT2D eigenvalue weighted by atomic mass is 79.9. The molecule has 0 heterocycles. The maximum atomic E-state index is 5.42. The van der Waals surface area contributed by atoms with Crippen molar-refractivity contribution in [3.05, 3.63) is 0 Å². The first-order valence-electron chi connectivity index (χ1n) is 11.3. The summed E-state index contributed by atoms with van der Waals surface area (Å²) in [6.07, 6.45) is 24.8. The van der Waals surface area contributed by atoms with Crippen molar-refractivity contribution < 1.29 is 0 Å². The van der Waals surface area contributed by atoms with Crippen molar-refractivity contribution in [1.82, 2.24) is 0 Å². The monoisotopic (exact) mass is 505 g/mol. The lowest BCUT2D eigenvalue weighted by Gasteiger charge is -2.00. The van der Waals surface area contributed by atoms with Crippen LogP contribution in [0.3, 0.4) is 0 Å². The van der Waals surface area contributed by atoms with Crippen molar-refractivity contribution in [3.8, 4) is 0 Å². The van der Waals surface area contributed by atoms with Gasteiger partial charge in [-0.15, -0.1) is 12.4 Å². The second kappa shape index (κ2) is 34.9. The summed E-state index contributed by atoms with van der Waals surface area (Å²) in [5, 5.41) is 1.18. The number of halogens is 2. The van der Waals surface area contributed by atoms with E-state index in [1.165, 1.54) is 121 Å². The predicted octanol–water partition coefficient (Wildman–Crippen LogP) is 8.63. The minimum absolute atomic E-state index is 0. The SMILES string of the molecule is Cl.NCCCCCCCCCCCS.SCCCCCCCCCCCBr. The molecule has 0 saturated carbocycles. The summed E-state index contributed by atoms with van der Waals surface area (Å²) in [5.74, 6) is 2.11. The van der Waals surface area contributed by atoms with Crippen LogP contribution in [0, 0.1) is 0 Å². The van der Waals surface area contributed by atoms with Crippen molar-refractivity contribution in [1.29, 1.82) is 0 Å². The van der Waals surface area contributed by atoms with E-state index in [1.807, 2.05) is 0 Å². The van der Waals surface area contributed by atoms with E-state index < -0.39 is 0 Å². The standard InChI is InChI=1S/C11H23BrS.C11H25NS.ClH/c2*12-10-8-6-4-2-1-3-5-7-9-11-13;/h13H,1-11H2;13H,1-12H2;1H. The van der Waals surface area contributed by atoms with E-state index in [1.54, 1.807) is 0 Å². The molecule has 0 aliphatic carbocycles. The van der Waals surface area contributed by atoms with Crippen LogP contribution in [0.5, 0.6) is 0 Å². The minimum Gasteiger partial charge on any atom is -0.330 e. The molecule has 2 N–H and O–H groups in total. The summed E-state index contributed by atoms with van der Waals surface area (Å²) < 4.78 is 0. The van der Waals surface area contributed by atoms with Crippen LogP contribution in [0.2, 0.25) is 0 Å². The Morgan fingerprint density at radius 2 is 0.704 bits per heavy atom. The highest BCUT2D eigenvalue weighted by Gasteiger charge is 1.92. The average molecular weight is 507 g/mol. The molecule has 0 unspecified atom stereocenters. The van der Waals surface area contributed by atoms with Crippen molar-refractivity contribution in [2.24, 2.45) is 5.73 Å². The number of thiol groups is 2. The van der Waals surface area contributed by atoms with Crippen LogP contribution in [0.25, 0.3) is 0 Å². The molecule has 0 atom stereocenters. The maximum absolute atomic E-state index is 5.42. The Labute approximate surface area is 197 Å². The van der Waals surface area contributed by atoms with Gasteiger partial charge in [0.25, 0.3) is 0 Å².